The Morgan fingerprint density at radius 1 is 1.60 bits per heavy atom. The average molecular weight is 232 g/mol. The molecule has 6 heteroatoms. The third kappa shape index (κ3) is 2.61. The molecule has 0 aromatic carbocycles. The number of halogens is 3. The number of rotatable bonds is 3. The largest absolute Gasteiger partial charge is 0.326 e. The molecular formula is C9H8ClF2N3. The molecule has 0 amide bonds. The maximum absolute atomic E-state index is 12.7. The number of pyridine rings is 1. The van der Waals surface area contributed by atoms with E-state index in [-0.39, 0.29) is 34.9 Å². The van der Waals surface area contributed by atoms with E-state index in [9.17, 15) is 8.78 Å². The van der Waals surface area contributed by atoms with Crippen LogP contribution in [0.3, 0.4) is 0 Å². The van der Waals surface area contributed by atoms with E-state index >= 15 is 0 Å². The lowest BCUT2D eigenvalue weighted by molar-refractivity contribution is 0.148. The number of nitrogens with zero attached hydrogens (tertiary/aromatic N) is 2. The molecule has 15 heavy (non-hydrogen) atoms. The van der Waals surface area contributed by atoms with Gasteiger partial charge in [-0.05, 0) is 11.6 Å². The Morgan fingerprint density at radius 3 is 2.73 bits per heavy atom. The second kappa shape index (κ2) is 5.01. The molecule has 0 bridgehead atoms. The highest BCUT2D eigenvalue weighted by atomic mass is 35.5. The van der Waals surface area contributed by atoms with Gasteiger partial charge in [0.2, 0.25) is 0 Å². The SMILES string of the molecule is N#CCc1nc(Cl)cc(CN)c1C(F)F. The van der Waals surface area contributed by atoms with Gasteiger partial charge in [0, 0.05) is 12.1 Å². The average Bonchev–Trinajstić information content (AvgIpc) is 2.16. The topological polar surface area (TPSA) is 62.7 Å². The summed E-state index contributed by atoms with van der Waals surface area (Å²) >= 11 is 5.62. The summed E-state index contributed by atoms with van der Waals surface area (Å²) in [6.07, 6.45) is -2.90. The van der Waals surface area contributed by atoms with Crippen molar-refractivity contribution in [2.45, 2.75) is 19.4 Å². The molecule has 0 atom stereocenters. The van der Waals surface area contributed by atoms with Crippen molar-refractivity contribution in [2.75, 3.05) is 0 Å². The molecule has 3 nitrogen and oxygen atoms in total. The lowest BCUT2D eigenvalue weighted by Gasteiger charge is -2.10. The highest BCUT2D eigenvalue weighted by Crippen LogP contribution is 2.27. The molecule has 0 fully saturated rings. The smallest absolute Gasteiger partial charge is 0.265 e. The Kier molecular flexibility index (Phi) is 3.95. The Morgan fingerprint density at radius 2 is 2.27 bits per heavy atom. The predicted molar refractivity (Wildman–Crippen MR) is 51.4 cm³/mol. The van der Waals surface area contributed by atoms with E-state index in [2.05, 4.69) is 4.98 Å². The summed E-state index contributed by atoms with van der Waals surface area (Å²) in [4.78, 5) is 3.70. The van der Waals surface area contributed by atoms with Crippen LogP contribution in [0.25, 0.3) is 0 Å². The van der Waals surface area contributed by atoms with E-state index in [1.165, 1.54) is 6.07 Å². The van der Waals surface area contributed by atoms with Crippen LogP contribution in [-0.2, 0) is 13.0 Å². The fourth-order valence-electron chi connectivity index (χ4n) is 1.27. The van der Waals surface area contributed by atoms with Gasteiger partial charge in [-0.2, -0.15) is 5.26 Å². The number of hydrogen-bond donors (Lipinski definition) is 1. The Labute approximate surface area is 90.5 Å². The lowest BCUT2D eigenvalue weighted by Crippen LogP contribution is -2.07. The molecule has 0 aliphatic carbocycles. The van der Waals surface area contributed by atoms with E-state index < -0.39 is 6.43 Å². The summed E-state index contributed by atoms with van der Waals surface area (Å²) < 4.78 is 25.4. The molecule has 1 rings (SSSR count). The molecule has 0 radical (unpaired) electrons. The minimum absolute atomic E-state index is 0.000417. The third-order valence-electron chi connectivity index (χ3n) is 1.88. The van der Waals surface area contributed by atoms with Crippen LogP contribution in [0.5, 0.6) is 0 Å². The Hall–Kier alpha value is -1.25. The van der Waals surface area contributed by atoms with Crippen LogP contribution in [0.4, 0.5) is 8.78 Å². The van der Waals surface area contributed by atoms with Crippen molar-refractivity contribution in [1.82, 2.24) is 4.98 Å². The molecule has 0 aliphatic heterocycles. The zero-order chi connectivity index (χ0) is 11.4. The molecule has 0 aliphatic rings. The van der Waals surface area contributed by atoms with Crippen molar-refractivity contribution in [2.24, 2.45) is 5.73 Å². The maximum Gasteiger partial charge on any atom is 0.265 e. The second-order valence-corrected chi connectivity index (χ2v) is 3.19. The minimum atomic E-state index is -2.70. The minimum Gasteiger partial charge on any atom is -0.326 e. The monoisotopic (exact) mass is 231 g/mol. The van der Waals surface area contributed by atoms with Crippen molar-refractivity contribution >= 4 is 11.6 Å². The van der Waals surface area contributed by atoms with Gasteiger partial charge in [0.25, 0.3) is 6.43 Å². The fourth-order valence-corrected chi connectivity index (χ4v) is 1.51. The maximum atomic E-state index is 12.7. The van der Waals surface area contributed by atoms with Gasteiger partial charge in [0.05, 0.1) is 18.2 Å². The van der Waals surface area contributed by atoms with Crippen molar-refractivity contribution < 1.29 is 8.78 Å². The van der Waals surface area contributed by atoms with Crippen LogP contribution in [-0.4, -0.2) is 4.98 Å². The normalized spacial score (nSPS) is 10.4. The molecule has 0 spiro atoms. The first-order chi connectivity index (χ1) is 7.10. The highest BCUT2D eigenvalue weighted by molar-refractivity contribution is 6.29. The first-order valence-electron chi connectivity index (χ1n) is 4.13. The van der Waals surface area contributed by atoms with Crippen molar-refractivity contribution in [3.8, 4) is 6.07 Å². The summed E-state index contributed by atoms with van der Waals surface area (Å²) in [6, 6.07) is 3.06. The quantitative estimate of drug-likeness (QED) is 0.811. The van der Waals surface area contributed by atoms with Gasteiger partial charge >= 0.3 is 0 Å². The van der Waals surface area contributed by atoms with Crippen molar-refractivity contribution in [3.05, 3.63) is 28.0 Å². The zero-order valence-electron chi connectivity index (χ0n) is 7.67. The van der Waals surface area contributed by atoms with Crippen LogP contribution in [0.2, 0.25) is 5.15 Å². The van der Waals surface area contributed by atoms with Crippen LogP contribution < -0.4 is 5.73 Å². The number of nitriles is 1. The third-order valence-corrected chi connectivity index (χ3v) is 2.07. The van der Waals surface area contributed by atoms with Gasteiger partial charge < -0.3 is 5.73 Å². The summed E-state index contributed by atoms with van der Waals surface area (Å²) in [7, 11) is 0. The summed E-state index contributed by atoms with van der Waals surface area (Å²) in [5, 5.41) is 8.55. The summed E-state index contributed by atoms with van der Waals surface area (Å²) in [6.45, 7) is -0.0552. The lowest BCUT2D eigenvalue weighted by atomic mass is 10.1. The molecular weight excluding hydrogens is 224 g/mol. The molecule has 2 N–H and O–H groups in total. The molecule has 1 aromatic rings. The summed E-state index contributed by atoms with van der Waals surface area (Å²) in [5.74, 6) is 0. The first-order valence-corrected chi connectivity index (χ1v) is 4.51. The molecule has 0 saturated carbocycles. The molecule has 0 saturated heterocycles. The molecule has 1 aromatic heterocycles. The first kappa shape index (κ1) is 11.8. The van der Waals surface area contributed by atoms with Crippen molar-refractivity contribution in [1.29, 1.82) is 5.26 Å². The van der Waals surface area contributed by atoms with Crippen LogP contribution >= 0.6 is 11.6 Å². The zero-order valence-corrected chi connectivity index (χ0v) is 8.43. The number of alkyl halides is 2. The molecule has 80 valence electrons. The Balaban J connectivity index is 3.34. The van der Waals surface area contributed by atoms with Crippen LogP contribution in [0.15, 0.2) is 6.07 Å². The van der Waals surface area contributed by atoms with Gasteiger partial charge in [0.15, 0.2) is 0 Å². The van der Waals surface area contributed by atoms with E-state index in [1.54, 1.807) is 6.07 Å². The molecule has 0 unspecified atom stereocenters. The van der Waals surface area contributed by atoms with Crippen molar-refractivity contribution in [3.63, 3.8) is 0 Å². The van der Waals surface area contributed by atoms with E-state index in [0.29, 0.717) is 0 Å². The van der Waals surface area contributed by atoms with Gasteiger partial charge in [-0.25, -0.2) is 13.8 Å². The van der Waals surface area contributed by atoms with Crippen LogP contribution in [0.1, 0.15) is 23.2 Å². The highest BCUT2D eigenvalue weighted by Gasteiger charge is 2.19. The number of aromatic nitrogens is 1. The fraction of sp³-hybridized carbons (Fsp3) is 0.333. The Bertz CT molecular complexity index is 401. The standard InChI is InChI=1S/C9H8ClF2N3/c10-7-3-5(4-14)8(9(11)12)6(15-7)1-2-13/h3,9H,1,4,14H2. The van der Waals surface area contributed by atoms with Gasteiger partial charge in [-0.3, -0.25) is 0 Å². The van der Waals surface area contributed by atoms with Gasteiger partial charge in [-0.15, -0.1) is 0 Å². The number of hydrogen-bond acceptors (Lipinski definition) is 3. The van der Waals surface area contributed by atoms with Crippen LogP contribution in [0, 0.1) is 11.3 Å². The predicted octanol–water partition coefficient (Wildman–Crippen LogP) is 2.20. The van der Waals surface area contributed by atoms with Gasteiger partial charge in [0.1, 0.15) is 5.15 Å². The van der Waals surface area contributed by atoms with Gasteiger partial charge in [-0.1, -0.05) is 11.6 Å². The summed E-state index contributed by atoms with van der Waals surface area (Å²) in [5.41, 5.74) is 5.28. The second-order valence-electron chi connectivity index (χ2n) is 2.80. The van der Waals surface area contributed by atoms with E-state index in [1.807, 2.05) is 0 Å². The number of nitrogens with two attached hydrogens (primary N) is 1. The van der Waals surface area contributed by atoms with E-state index in [4.69, 9.17) is 22.6 Å². The van der Waals surface area contributed by atoms with E-state index in [0.717, 1.165) is 0 Å². The molecule has 1 heterocycles.